The highest BCUT2D eigenvalue weighted by molar-refractivity contribution is 7.13. The molecule has 4 rings (SSSR count). The number of carbonyl (C=O) groups is 1. The number of pyridine rings is 1. The minimum Gasteiger partial charge on any atom is -0.508 e. The highest BCUT2D eigenvalue weighted by Gasteiger charge is 2.25. The first-order valence-corrected chi connectivity index (χ1v) is 10.6. The molecule has 1 fully saturated rings. The van der Waals surface area contributed by atoms with E-state index in [9.17, 15) is 18.7 Å². The van der Waals surface area contributed by atoms with Gasteiger partial charge in [0.2, 0.25) is 0 Å². The van der Waals surface area contributed by atoms with Gasteiger partial charge in [0.05, 0.1) is 23.1 Å². The molecule has 3 heterocycles. The average molecular weight is 445 g/mol. The molecule has 3 aromatic rings. The number of halogens is 2. The van der Waals surface area contributed by atoms with Gasteiger partial charge in [-0.2, -0.15) is 0 Å². The summed E-state index contributed by atoms with van der Waals surface area (Å²) in [4.78, 5) is 23.1. The number of nitrogens with one attached hydrogen (secondary N) is 1. The van der Waals surface area contributed by atoms with E-state index in [1.807, 2.05) is 6.07 Å². The van der Waals surface area contributed by atoms with Gasteiger partial charge in [-0.25, -0.2) is 13.8 Å². The van der Waals surface area contributed by atoms with Crippen LogP contribution in [0.1, 0.15) is 23.8 Å². The summed E-state index contributed by atoms with van der Waals surface area (Å²) in [7, 11) is 0. The van der Waals surface area contributed by atoms with Crippen LogP contribution in [0.3, 0.4) is 0 Å². The molecule has 1 aromatic carbocycles. The van der Waals surface area contributed by atoms with Crippen LogP contribution in [-0.2, 0) is 0 Å². The third-order valence-electron chi connectivity index (χ3n) is 5.06. The lowest BCUT2D eigenvalue weighted by atomic mass is 9.96. The zero-order valence-electron chi connectivity index (χ0n) is 16.7. The van der Waals surface area contributed by atoms with E-state index in [1.165, 1.54) is 5.38 Å². The molecule has 1 aliphatic rings. The Kier molecular flexibility index (Phi) is 5.84. The quantitative estimate of drug-likeness (QED) is 0.567. The van der Waals surface area contributed by atoms with Gasteiger partial charge in [-0.05, 0) is 18.4 Å². The summed E-state index contributed by atoms with van der Waals surface area (Å²) in [6, 6.07) is 3.45. The molecule has 31 heavy (non-hydrogen) atoms. The van der Waals surface area contributed by atoms with Gasteiger partial charge in [-0.3, -0.25) is 9.78 Å². The maximum absolute atomic E-state index is 14.1. The number of hydrogen-bond donors (Lipinski definition) is 3. The number of phenols is 1. The topological polar surface area (TPSA) is 104 Å². The predicted octanol–water partition coefficient (Wildman–Crippen LogP) is 3.61. The van der Waals surface area contributed by atoms with Gasteiger partial charge in [-0.1, -0.05) is 6.92 Å². The van der Waals surface area contributed by atoms with Crippen LogP contribution in [0.15, 0.2) is 36.0 Å². The molecule has 0 spiro atoms. The summed E-state index contributed by atoms with van der Waals surface area (Å²) in [5.41, 5.74) is 7.09. The molecule has 1 aliphatic heterocycles. The third-order valence-corrected chi connectivity index (χ3v) is 5.92. The van der Waals surface area contributed by atoms with Crippen molar-refractivity contribution in [1.29, 1.82) is 0 Å². The fraction of sp³-hybridized carbons (Fsp3) is 0.286. The maximum atomic E-state index is 14.1. The normalized spacial score (nSPS) is 18.8. The lowest BCUT2D eigenvalue weighted by Crippen LogP contribution is -2.46. The molecule has 1 saturated heterocycles. The summed E-state index contributed by atoms with van der Waals surface area (Å²) in [6.07, 6.45) is 4.13. The number of carbonyl (C=O) groups excluding carboxylic acids is 1. The number of anilines is 2. The van der Waals surface area contributed by atoms with Gasteiger partial charge in [0.25, 0.3) is 5.91 Å². The number of thiazole rings is 1. The molecule has 0 aliphatic carbocycles. The van der Waals surface area contributed by atoms with E-state index in [-0.39, 0.29) is 22.3 Å². The Labute approximate surface area is 181 Å². The van der Waals surface area contributed by atoms with Crippen molar-refractivity contribution < 1.29 is 18.7 Å². The number of aromatic nitrogens is 2. The minimum absolute atomic E-state index is 0.00221. The highest BCUT2D eigenvalue weighted by Crippen LogP contribution is 2.33. The number of nitrogens with zero attached hydrogens (tertiary/aromatic N) is 3. The van der Waals surface area contributed by atoms with Crippen molar-refractivity contribution in [3.8, 4) is 16.3 Å². The van der Waals surface area contributed by atoms with Crippen LogP contribution in [0.4, 0.5) is 20.2 Å². The van der Waals surface area contributed by atoms with Crippen LogP contribution < -0.4 is 16.0 Å². The van der Waals surface area contributed by atoms with Crippen LogP contribution >= 0.6 is 11.3 Å². The van der Waals surface area contributed by atoms with Crippen molar-refractivity contribution >= 4 is 28.6 Å². The first kappa shape index (κ1) is 21.1. The monoisotopic (exact) mass is 445 g/mol. The number of rotatable bonds is 4. The molecule has 0 bridgehead atoms. The molecule has 2 atom stereocenters. The van der Waals surface area contributed by atoms with Crippen molar-refractivity contribution in [3.63, 3.8) is 0 Å². The zero-order chi connectivity index (χ0) is 22.1. The molecule has 2 unspecified atom stereocenters. The molecule has 4 N–H and O–H groups in total. The second-order valence-corrected chi connectivity index (χ2v) is 8.53. The van der Waals surface area contributed by atoms with Crippen molar-refractivity contribution in [2.45, 2.75) is 19.4 Å². The Hall–Kier alpha value is -3.11. The first-order chi connectivity index (χ1) is 14.8. The lowest BCUT2D eigenvalue weighted by Gasteiger charge is -2.37. The van der Waals surface area contributed by atoms with Crippen molar-refractivity contribution in [3.05, 3.63) is 53.3 Å². The van der Waals surface area contributed by atoms with Gasteiger partial charge in [0.15, 0.2) is 0 Å². The first-order valence-electron chi connectivity index (χ1n) is 9.71. The van der Waals surface area contributed by atoms with Gasteiger partial charge < -0.3 is 21.1 Å². The largest absolute Gasteiger partial charge is 0.508 e. The Morgan fingerprint density at radius 2 is 2.06 bits per heavy atom. The number of benzene rings is 1. The smallest absolute Gasteiger partial charge is 0.275 e. The van der Waals surface area contributed by atoms with E-state index in [0.29, 0.717) is 18.2 Å². The van der Waals surface area contributed by atoms with Gasteiger partial charge in [0, 0.05) is 42.8 Å². The third kappa shape index (κ3) is 4.49. The fourth-order valence-electron chi connectivity index (χ4n) is 3.80. The van der Waals surface area contributed by atoms with Gasteiger partial charge in [-0.15, -0.1) is 11.3 Å². The second-order valence-electron chi connectivity index (χ2n) is 7.68. The Morgan fingerprint density at radius 1 is 1.32 bits per heavy atom. The summed E-state index contributed by atoms with van der Waals surface area (Å²) >= 11 is 0.932. The average Bonchev–Trinajstić information content (AvgIpc) is 3.16. The SMILES string of the molecule is CC1CC(N)CN(c2ccncc2NC(=O)c2csc(-c3c(F)cc(O)cc3F)n2)C1. The van der Waals surface area contributed by atoms with E-state index >= 15 is 0 Å². The molecule has 10 heteroatoms. The number of hydrogen-bond acceptors (Lipinski definition) is 7. The maximum Gasteiger partial charge on any atom is 0.275 e. The van der Waals surface area contributed by atoms with Gasteiger partial charge in [0.1, 0.15) is 28.1 Å². The summed E-state index contributed by atoms with van der Waals surface area (Å²) < 4.78 is 28.2. The van der Waals surface area contributed by atoms with Crippen LogP contribution in [0.25, 0.3) is 10.6 Å². The Bertz CT molecular complexity index is 1090. The van der Waals surface area contributed by atoms with Crippen LogP contribution in [0, 0.1) is 17.6 Å². The van der Waals surface area contributed by atoms with Crippen molar-refractivity contribution in [2.24, 2.45) is 11.7 Å². The summed E-state index contributed by atoms with van der Waals surface area (Å²) in [5.74, 6) is -2.54. The molecule has 162 valence electrons. The molecule has 0 radical (unpaired) electrons. The van der Waals surface area contributed by atoms with Crippen molar-refractivity contribution in [1.82, 2.24) is 9.97 Å². The summed E-state index contributed by atoms with van der Waals surface area (Å²) in [6.45, 7) is 3.60. The summed E-state index contributed by atoms with van der Waals surface area (Å²) in [5, 5.41) is 13.5. The van der Waals surface area contributed by atoms with Crippen LogP contribution in [0.5, 0.6) is 5.75 Å². The Balaban J connectivity index is 1.57. The van der Waals surface area contributed by atoms with Crippen LogP contribution in [0.2, 0.25) is 0 Å². The zero-order valence-corrected chi connectivity index (χ0v) is 17.5. The van der Waals surface area contributed by atoms with Crippen LogP contribution in [-0.4, -0.2) is 40.1 Å². The molecule has 0 saturated carbocycles. The number of aromatic hydroxyl groups is 1. The molecular formula is C21H21F2N5O2S. The second kappa shape index (κ2) is 8.56. The van der Waals surface area contributed by atoms with E-state index in [1.54, 1.807) is 12.4 Å². The minimum atomic E-state index is -0.955. The number of piperidine rings is 1. The fourth-order valence-corrected chi connectivity index (χ4v) is 4.65. The molecule has 2 aromatic heterocycles. The number of phenolic OH excluding ortho intramolecular Hbond substituents is 1. The molecule has 7 nitrogen and oxygen atoms in total. The predicted molar refractivity (Wildman–Crippen MR) is 115 cm³/mol. The van der Waals surface area contributed by atoms with Gasteiger partial charge >= 0.3 is 0 Å². The number of amides is 1. The van der Waals surface area contributed by atoms with Crippen molar-refractivity contribution in [2.75, 3.05) is 23.3 Å². The van der Waals surface area contributed by atoms with E-state index in [2.05, 4.69) is 27.1 Å². The van der Waals surface area contributed by atoms with E-state index < -0.39 is 23.3 Å². The lowest BCUT2D eigenvalue weighted by molar-refractivity contribution is 0.102. The highest BCUT2D eigenvalue weighted by atomic mass is 32.1. The standard InChI is InChI=1S/C21H21F2N5O2S/c1-11-4-12(24)9-28(8-11)18-2-3-25-7-16(18)26-20(30)17-10-31-21(27-17)19-14(22)5-13(29)6-15(19)23/h2-3,5-7,10-12,29H,4,8-9,24H2,1H3,(H,26,30). The van der Waals surface area contributed by atoms with E-state index in [0.717, 1.165) is 42.1 Å². The van der Waals surface area contributed by atoms with E-state index in [4.69, 9.17) is 5.73 Å². The Morgan fingerprint density at radius 3 is 2.77 bits per heavy atom. The molecule has 1 amide bonds. The number of nitrogens with two attached hydrogens (primary N) is 1. The molecular weight excluding hydrogens is 424 g/mol.